The standard InChI is InChI=1S/C18H36N2O2/c1-13(21)15(2,3)11-18(8,9)20-14(22)16(4,5)12-17(6,7)19-10/h19H,11-12H2,1-10H3,(H,20,22). The van der Waals surface area contributed by atoms with Crippen LogP contribution in [0.5, 0.6) is 0 Å². The number of Topliss-reactive ketones (excluding diaryl/α,β-unsaturated/α-hetero) is 1. The van der Waals surface area contributed by atoms with E-state index in [2.05, 4.69) is 24.5 Å². The number of hydrogen-bond donors (Lipinski definition) is 2. The van der Waals surface area contributed by atoms with Crippen LogP contribution in [-0.4, -0.2) is 29.8 Å². The molecular formula is C18H36N2O2. The summed E-state index contributed by atoms with van der Waals surface area (Å²) < 4.78 is 0. The number of amides is 1. The predicted molar refractivity (Wildman–Crippen MR) is 92.8 cm³/mol. The van der Waals surface area contributed by atoms with Crippen LogP contribution < -0.4 is 10.6 Å². The fourth-order valence-electron chi connectivity index (χ4n) is 3.02. The van der Waals surface area contributed by atoms with E-state index >= 15 is 0 Å². The van der Waals surface area contributed by atoms with Gasteiger partial charge in [-0.2, -0.15) is 0 Å². The maximum atomic E-state index is 12.7. The summed E-state index contributed by atoms with van der Waals surface area (Å²) in [6, 6.07) is 0. The molecule has 0 aliphatic carbocycles. The van der Waals surface area contributed by atoms with Crippen molar-refractivity contribution < 1.29 is 9.59 Å². The molecule has 0 saturated carbocycles. The van der Waals surface area contributed by atoms with Crippen LogP contribution >= 0.6 is 0 Å². The maximum absolute atomic E-state index is 12.7. The van der Waals surface area contributed by atoms with Crippen molar-refractivity contribution in [2.45, 2.75) is 86.2 Å². The molecule has 0 aromatic carbocycles. The molecule has 4 heteroatoms. The van der Waals surface area contributed by atoms with Crippen molar-refractivity contribution in [3.63, 3.8) is 0 Å². The molecule has 0 aliphatic rings. The summed E-state index contributed by atoms with van der Waals surface area (Å²) in [6.45, 7) is 17.5. The Bertz CT molecular complexity index is 421. The Morgan fingerprint density at radius 1 is 0.773 bits per heavy atom. The van der Waals surface area contributed by atoms with Gasteiger partial charge in [-0.05, 0) is 54.5 Å². The lowest BCUT2D eigenvalue weighted by Crippen LogP contribution is -2.53. The van der Waals surface area contributed by atoms with Crippen LogP contribution in [0.3, 0.4) is 0 Å². The maximum Gasteiger partial charge on any atom is 0.226 e. The summed E-state index contributed by atoms with van der Waals surface area (Å²) in [7, 11) is 1.91. The molecule has 1 amide bonds. The molecule has 0 fully saturated rings. The van der Waals surface area contributed by atoms with Gasteiger partial charge in [-0.15, -0.1) is 0 Å². The predicted octanol–water partition coefficient (Wildman–Crippen LogP) is 3.30. The quantitative estimate of drug-likeness (QED) is 0.723. The fraction of sp³-hybridized carbons (Fsp3) is 0.889. The van der Waals surface area contributed by atoms with Crippen molar-refractivity contribution in [2.24, 2.45) is 10.8 Å². The Labute approximate surface area is 136 Å². The zero-order chi connectivity index (χ0) is 18.0. The van der Waals surface area contributed by atoms with Gasteiger partial charge in [0.25, 0.3) is 0 Å². The second-order valence-electron chi connectivity index (χ2n) is 9.15. The largest absolute Gasteiger partial charge is 0.351 e. The molecule has 0 radical (unpaired) electrons. The monoisotopic (exact) mass is 312 g/mol. The summed E-state index contributed by atoms with van der Waals surface area (Å²) in [5.74, 6) is 0.172. The Hall–Kier alpha value is -0.900. The molecule has 0 aliphatic heterocycles. The normalized spacial score (nSPS) is 13.9. The van der Waals surface area contributed by atoms with Crippen LogP contribution in [0.2, 0.25) is 0 Å². The van der Waals surface area contributed by atoms with Gasteiger partial charge in [0.05, 0.1) is 0 Å². The summed E-state index contributed by atoms with van der Waals surface area (Å²) in [5, 5.41) is 6.38. The molecule has 0 aromatic heterocycles. The first kappa shape index (κ1) is 21.1. The van der Waals surface area contributed by atoms with Gasteiger partial charge in [0.1, 0.15) is 5.78 Å². The Morgan fingerprint density at radius 2 is 1.18 bits per heavy atom. The molecule has 0 bridgehead atoms. The highest BCUT2D eigenvalue weighted by Gasteiger charge is 2.38. The lowest BCUT2D eigenvalue weighted by Gasteiger charge is -2.39. The van der Waals surface area contributed by atoms with Crippen molar-refractivity contribution in [2.75, 3.05) is 7.05 Å². The number of carbonyl (C=O) groups is 2. The summed E-state index contributed by atoms with van der Waals surface area (Å²) in [5.41, 5.74) is -1.45. The highest BCUT2D eigenvalue weighted by molar-refractivity contribution is 5.83. The van der Waals surface area contributed by atoms with E-state index in [0.717, 1.165) is 6.42 Å². The van der Waals surface area contributed by atoms with Crippen LogP contribution in [0.25, 0.3) is 0 Å². The zero-order valence-electron chi connectivity index (χ0n) is 16.2. The Balaban J connectivity index is 4.99. The smallest absolute Gasteiger partial charge is 0.226 e. The molecule has 130 valence electrons. The third-order valence-corrected chi connectivity index (χ3v) is 4.46. The van der Waals surface area contributed by atoms with E-state index in [1.54, 1.807) is 6.92 Å². The van der Waals surface area contributed by atoms with Crippen molar-refractivity contribution >= 4 is 11.7 Å². The molecule has 0 atom stereocenters. The van der Waals surface area contributed by atoms with Gasteiger partial charge >= 0.3 is 0 Å². The van der Waals surface area contributed by atoms with E-state index in [1.807, 2.05) is 48.6 Å². The van der Waals surface area contributed by atoms with Gasteiger partial charge < -0.3 is 10.6 Å². The SMILES string of the molecule is CNC(C)(C)CC(C)(C)C(=O)NC(C)(C)CC(C)(C)C(C)=O. The third kappa shape index (κ3) is 6.47. The molecule has 4 nitrogen and oxygen atoms in total. The van der Waals surface area contributed by atoms with E-state index in [9.17, 15) is 9.59 Å². The molecule has 0 rings (SSSR count). The van der Waals surface area contributed by atoms with Crippen LogP contribution in [0.4, 0.5) is 0 Å². The van der Waals surface area contributed by atoms with Gasteiger partial charge in [-0.1, -0.05) is 27.7 Å². The van der Waals surface area contributed by atoms with E-state index in [1.165, 1.54) is 0 Å². The first-order chi connectivity index (χ1) is 9.55. The van der Waals surface area contributed by atoms with Crippen molar-refractivity contribution in [1.82, 2.24) is 10.6 Å². The van der Waals surface area contributed by atoms with E-state index < -0.39 is 16.4 Å². The molecule has 0 aromatic rings. The summed E-state index contributed by atoms with van der Waals surface area (Å²) in [6.07, 6.45) is 1.35. The molecule has 0 saturated heterocycles. The Kier molecular flexibility index (Phi) is 6.42. The third-order valence-electron chi connectivity index (χ3n) is 4.46. The zero-order valence-corrected chi connectivity index (χ0v) is 16.2. The van der Waals surface area contributed by atoms with Crippen molar-refractivity contribution in [1.29, 1.82) is 0 Å². The van der Waals surface area contributed by atoms with Gasteiger partial charge in [0.15, 0.2) is 0 Å². The van der Waals surface area contributed by atoms with Crippen LogP contribution in [0.1, 0.15) is 75.2 Å². The van der Waals surface area contributed by atoms with Gasteiger partial charge in [0.2, 0.25) is 5.91 Å². The summed E-state index contributed by atoms with van der Waals surface area (Å²) in [4.78, 5) is 24.4. The number of hydrogen-bond acceptors (Lipinski definition) is 3. The van der Waals surface area contributed by atoms with Crippen LogP contribution in [0, 0.1) is 10.8 Å². The van der Waals surface area contributed by atoms with E-state index in [0.29, 0.717) is 6.42 Å². The minimum absolute atomic E-state index is 0.0279. The van der Waals surface area contributed by atoms with Gasteiger partial charge in [0, 0.05) is 21.9 Å². The first-order valence-corrected chi connectivity index (χ1v) is 8.07. The Morgan fingerprint density at radius 3 is 1.55 bits per heavy atom. The molecule has 22 heavy (non-hydrogen) atoms. The average Bonchev–Trinajstić information content (AvgIpc) is 2.25. The van der Waals surface area contributed by atoms with Crippen molar-refractivity contribution in [3.8, 4) is 0 Å². The first-order valence-electron chi connectivity index (χ1n) is 8.07. The highest BCUT2D eigenvalue weighted by atomic mass is 16.2. The second-order valence-corrected chi connectivity index (χ2v) is 9.15. The lowest BCUT2D eigenvalue weighted by molar-refractivity contribution is -0.134. The number of rotatable bonds is 8. The molecule has 0 unspecified atom stereocenters. The van der Waals surface area contributed by atoms with Crippen LogP contribution in [-0.2, 0) is 9.59 Å². The van der Waals surface area contributed by atoms with Gasteiger partial charge in [-0.25, -0.2) is 0 Å². The summed E-state index contributed by atoms with van der Waals surface area (Å²) >= 11 is 0. The second kappa shape index (κ2) is 6.69. The minimum Gasteiger partial charge on any atom is -0.351 e. The average molecular weight is 312 g/mol. The van der Waals surface area contributed by atoms with Crippen molar-refractivity contribution in [3.05, 3.63) is 0 Å². The molecular weight excluding hydrogens is 276 g/mol. The number of ketones is 1. The number of carbonyl (C=O) groups excluding carboxylic acids is 2. The van der Waals surface area contributed by atoms with Gasteiger partial charge in [-0.3, -0.25) is 9.59 Å². The highest BCUT2D eigenvalue weighted by Crippen LogP contribution is 2.32. The molecule has 2 N–H and O–H groups in total. The van der Waals surface area contributed by atoms with Crippen LogP contribution in [0.15, 0.2) is 0 Å². The van der Waals surface area contributed by atoms with E-state index in [4.69, 9.17) is 0 Å². The fourth-order valence-corrected chi connectivity index (χ4v) is 3.02. The minimum atomic E-state index is -0.482. The molecule has 0 spiro atoms. The lowest BCUT2D eigenvalue weighted by atomic mass is 9.75. The molecule has 0 heterocycles. The number of nitrogens with one attached hydrogen (secondary N) is 2. The van der Waals surface area contributed by atoms with E-state index in [-0.39, 0.29) is 17.2 Å². The topological polar surface area (TPSA) is 58.2 Å².